The van der Waals surface area contributed by atoms with Crippen LogP contribution in [0.1, 0.15) is 0 Å². The van der Waals surface area contributed by atoms with Crippen LogP contribution in [0.4, 0.5) is 17.1 Å². The summed E-state index contributed by atoms with van der Waals surface area (Å²) in [5.74, 6) is 0. The minimum Gasteiger partial charge on any atom is -0.455 e. The van der Waals surface area contributed by atoms with Gasteiger partial charge in [-0.3, -0.25) is 0 Å². The van der Waals surface area contributed by atoms with Crippen molar-refractivity contribution in [2.24, 2.45) is 0 Å². The smallest absolute Gasteiger partial charge is 0.143 e. The van der Waals surface area contributed by atoms with Crippen LogP contribution in [0.5, 0.6) is 0 Å². The molecule has 0 unspecified atom stereocenters. The van der Waals surface area contributed by atoms with Gasteiger partial charge in [-0.1, -0.05) is 170 Å². The highest BCUT2D eigenvalue weighted by molar-refractivity contribution is 6.37. The van der Waals surface area contributed by atoms with Gasteiger partial charge in [0.2, 0.25) is 0 Å². The Morgan fingerprint density at radius 3 is 1.53 bits per heavy atom. The van der Waals surface area contributed by atoms with Crippen molar-refractivity contribution in [3.05, 3.63) is 212 Å². The zero-order chi connectivity index (χ0) is 39.3. The highest BCUT2D eigenvalue weighted by atomic mass is 16.3. The summed E-state index contributed by atoms with van der Waals surface area (Å²) in [6.45, 7) is 0. The predicted octanol–water partition coefficient (Wildman–Crippen LogP) is 16.7. The molecule has 0 aliphatic rings. The third-order valence-corrected chi connectivity index (χ3v) is 12.7. The van der Waals surface area contributed by atoms with E-state index in [0.29, 0.717) is 0 Å². The molecule has 0 saturated carbocycles. The van der Waals surface area contributed by atoms with E-state index in [0.717, 1.165) is 50.1 Å². The molecule has 12 aromatic carbocycles. The van der Waals surface area contributed by atoms with Gasteiger partial charge in [-0.25, -0.2) is 0 Å². The van der Waals surface area contributed by atoms with E-state index in [1.807, 2.05) is 6.07 Å². The van der Waals surface area contributed by atoms with Crippen LogP contribution in [0.2, 0.25) is 0 Å². The molecule has 13 aromatic rings. The molecule has 0 radical (unpaired) electrons. The van der Waals surface area contributed by atoms with Crippen LogP contribution < -0.4 is 4.90 Å². The van der Waals surface area contributed by atoms with Gasteiger partial charge in [0, 0.05) is 33.4 Å². The van der Waals surface area contributed by atoms with E-state index in [1.165, 1.54) is 75.8 Å². The summed E-state index contributed by atoms with van der Waals surface area (Å²) < 4.78 is 6.57. The zero-order valence-corrected chi connectivity index (χ0v) is 32.6. The summed E-state index contributed by atoms with van der Waals surface area (Å²) in [4.78, 5) is 2.43. The average molecular weight is 762 g/mol. The lowest BCUT2D eigenvalue weighted by molar-refractivity contribution is 0.670. The molecule has 1 aromatic heterocycles. The van der Waals surface area contributed by atoms with Crippen molar-refractivity contribution in [2.75, 3.05) is 4.90 Å². The Kier molecular flexibility index (Phi) is 7.05. The molecule has 0 aliphatic carbocycles. The number of hydrogen-bond acceptors (Lipinski definition) is 2. The number of fused-ring (bicyclic) bond motifs is 5. The number of nitrogens with zero attached hydrogens (tertiary/aromatic N) is 1. The lowest BCUT2D eigenvalue weighted by atomic mass is 9.87. The van der Waals surface area contributed by atoms with Crippen molar-refractivity contribution in [3.8, 4) is 22.3 Å². The summed E-state index contributed by atoms with van der Waals surface area (Å²) in [7, 11) is 0. The van der Waals surface area contributed by atoms with E-state index in [2.05, 4.69) is 211 Å². The van der Waals surface area contributed by atoms with Crippen molar-refractivity contribution in [2.45, 2.75) is 0 Å². The first-order valence-corrected chi connectivity index (χ1v) is 20.7. The van der Waals surface area contributed by atoms with Gasteiger partial charge in [-0.2, -0.15) is 0 Å². The first kappa shape index (κ1) is 33.1. The molecule has 0 amide bonds. The highest BCUT2D eigenvalue weighted by Crippen LogP contribution is 2.47. The Balaban J connectivity index is 1.12. The highest BCUT2D eigenvalue weighted by Gasteiger charge is 2.21. The van der Waals surface area contributed by atoms with Crippen LogP contribution in [0.25, 0.3) is 109 Å². The molecule has 2 heteroatoms. The SMILES string of the molecule is c1ccc(-c2ccc(N(c3cccc(-c4cccc5c4oc4ccccc45)c3)c3cc4ccc5cccc6c7cccc8ccc9cccc(c(c3)c4c56)c9c87)cc2)cc1. The fourth-order valence-corrected chi connectivity index (χ4v) is 10.1. The summed E-state index contributed by atoms with van der Waals surface area (Å²) in [5.41, 5.74) is 9.60. The van der Waals surface area contributed by atoms with Crippen LogP contribution in [-0.4, -0.2) is 0 Å². The normalized spacial score (nSPS) is 12.0. The van der Waals surface area contributed by atoms with Gasteiger partial charge in [-0.15, -0.1) is 0 Å². The van der Waals surface area contributed by atoms with Crippen molar-refractivity contribution in [1.82, 2.24) is 0 Å². The molecule has 0 spiro atoms. The van der Waals surface area contributed by atoms with E-state index >= 15 is 0 Å². The monoisotopic (exact) mass is 761 g/mol. The number of anilines is 3. The molecule has 2 nitrogen and oxygen atoms in total. The van der Waals surface area contributed by atoms with E-state index in [-0.39, 0.29) is 0 Å². The van der Waals surface area contributed by atoms with Crippen LogP contribution in [-0.2, 0) is 0 Å². The Hall–Kier alpha value is -7.94. The number of benzene rings is 11. The number of para-hydroxylation sites is 2. The molecule has 1 heterocycles. The van der Waals surface area contributed by atoms with Gasteiger partial charge in [0.25, 0.3) is 0 Å². The zero-order valence-electron chi connectivity index (χ0n) is 32.6. The topological polar surface area (TPSA) is 16.4 Å². The fraction of sp³-hybridized carbons (Fsp3) is 0. The van der Waals surface area contributed by atoms with E-state index < -0.39 is 0 Å². The Bertz CT molecular complexity index is 3820. The number of furan rings is 1. The van der Waals surface area contributed by atoms with Gasteiger partial charge in [-0.05, 0) is 124 Å². The Labute approximate surface area is 346 Å². The van der Waals surface area contributed by atoms with Crippen LogP contribution in [0.15, 0.2) is 217 Å². The van der Waals surface area contributed by atoms with Crippen molar-refractivity contribution in [1.29, 1.82) is 0 Å². The Morgan fingerprint density at radius 2 is 0.817 bits per heavy atom. The molecule has 0 saturated heterocycles. The van der Waals surface area contributed by atoms with Crippen molar-refractivity contribution < 1.29 is 4.42 Å². The molecule has 0 N–H and O–H groups in total. The van der Waals surface area contributed by atoms with E-state index in [4.69, 9.17) is 4.42 Å². The summed E-state index contributed by atoms with van der Waals surface area (Å²) >= 11 is 0. The second-order valence-corrected chi connectivity index (χ2v) is 16.0. The maximum Gasteiger partial charge on any atom is 0.143 e. The molecule has 60 heavy (non-hydrogen) atoms. The maximum absolute atomic E-state index is 6.57. The van der Waals surface area contributed by atoms with Gasteiger partial charge < -0.3 is 9.32 Å². The third kappa shape index (κ3) is 4.88. The van der Waals surface area contributed by atoms with Crippen LogP contribution in [0, 0.1) is 0 Å². The van der Waals surface area contributed by atoms with E-state index in [9.17, 15) is 0 Å². The van der Waals surface area contributed by atoms with E-state index in [1.54, 1.807) is 0 Å². The largest absolute Gasteiger partial charge is 0.455 e. The quantitative estimate of drug-likeness (QED) is 0.162. The number of rotatable bonds is 5. The first-order chi connectivity index (χ1) is 29.7. The second-order valence-electron chi connectivity index (χ2n) is 16.0. The molecule has 278 valence electrons. The fourth-order valence-electron chi connectivity index (χ4n) is 10.1. The minimum absolute atomic E-state index is 0.900. The minimum atomic E-state index is 0.900. The Morgan fingerprint density at radius 1 is 0.283 bits per heavy atom. The van der Waals surface area contributed by atoms with Gasteiger partial charge in [0.1, 0.15) is 11.2 Å². The lowest BCUT2D eigenvalue weighted by Gasteiger charge is -2.27. The third-order valence-electron chi connectivity index (χ3n) is 12.7. The van der Waals surface area contributed by atoms with Crippen molar-refractivity contribution >= 4 is 104 Å². The number of hydrogen-bond donors (Lipinski definition) is 0. The molecule has 0 fully saturated rings. The molecule has 0 aliphatic heterocycles. The maximum atomic E-state index is 6.57. The molecule has 13 rings (SSSR count). The molecular formula is C58H35NO. The summed E-state index contributed by atoms with van der Waals surface area (Å²) in [6.07, 6.45) is 0. The average Bonchev–Trinajstić information content (AvgIpc) is 3.70. The standard InChI is InChI=1S/C58H35NO/c1-2-11-36(12-3-1)37-29-31-43(32-30-37)59(44-17-6-16-41(33-44)46-19-10-23-51-47-18-4-5-24-53(47)60-58(46)51)45-34-42-28-27-40-14-8-21-49-48-20-7-13-38-25-26-39-15-9-22-50(56(39)54(38)48)52(35-45)57(42)55(40)49/h1-35H. The van der Waals surface area contributed by atoms with Gasteiger partial charge in [0.05, 0.1) is 0 Å². The second kappa shape index (κ2) is 12.8. The molecular weight excluding hydrogens is 727 g/mol. The van der Waals surface area contributed by atoms with Gasteiger partial charge in [0.15, 0.2) is 0 Å². The summed E-state index contributed by atoms with van der Waals surface area (Å²) in [6, 6.07) is 77.8. The molecule has 0 atom stereocenters. The van der Waals surface area contributed by atoms with Crippen molar-refractivity contribution in [3.63, 3.8) is 0 Å². The predicted molar refractivity (Wildman–Crippen MR) is 255 cm³/mol. The van der Waals surface area contributed by atoms with Crippen LogP contribution in [0.3, 0.4) is 0 Å². The first-order valence-electron chi connectivity index (χ1n) is 20.7. The summed E-state index contributed by atoms with van der Waals surface area (Å²) in [5, 5.41) is 17.5. The lowest BCUT2D eigenvalue weighted by Crippen LogP contribution is -2.10. The van der Waals surface area contributed by atoms with Crippen LogP contribution >= 0.6 is 0 Å². The van der Waals surface area contributed by atoms with Gasteiger partial charge >= 0.3 is 0 Å². The molecule has 0 bridgehead atoms.